The molecule has 0 heterocycles. The van der Waals surface area contributed by atoms with Gasteiger partial charge in [0.2, 0.25) is 0 Å². The van der Waals surface area contributed by atoms with Crippen molar-refractivity contribution in [2.24, 2.45) is 5.41 Å². The van der Waals surface area contributed by atoms with Gasteiger partial charge in [0, 0.05) is 25.0 Å². The Balaban J connectivity index is 5.40. The van der Waals surface area contributed by atoms with Gasteiger partial charge in [0.1, 0.15) is 12.2 Å². The lowest BCUT2D eigenvalue weighted by Gasteiger charge is -2.36. The highest BCUT2D eigenvalue weighted by atomic mass is 16.7. The molecule has 0 bridgehead atoms. The van der Waals surface area contributed by atoms with Gasteiger partial charge < -0.3 is 58.7 Å². The molecule has 40 heavy (non-hydrogen) atoms. The predicted molar refractivity (Wildman–Crippen MR) is 147 cm³/mol. The lowest BCUT2D eigenvalue weighted by molar-refractivity contribution is -0.162. The maximum atomic E-state index is 10.5. The van der Waals surface area contributed by atoms with Crippen LogP contribution in [0, 0.1) is 5.41 Å². The first kappa shape index (κ1) is 38.6. The molecule has 13 heteroatoms. The van der Waals surface area contributed by atoms with Crippen LogP contribution in [0.5, 0.6) is 0 Å². The van der Waals surface area contributed by atoms with E-state index in [1.165, 1.54) is 12.5 Å². The van der Waals surface area contributed by atoms with E-state index in [2.05, 4.69) is 13.2 Å². The highest BCUT2D eigenvalue weighted by molar-refractivity contribution is 4.81. The van der Waals surface area contributed by atoms with E-state index in [0.29, 0.717) is 19.5 Å². The van der Waals surface area contributed by atoms with Crippen LogP contribution in [0.1, 0.15) is 27.2 Å². The minimum Gasteiger partial charge on any atom is -0.476 e. The van der Waals surface area contributed by atoms with Crippen molar-refractivity contribution in [2.45, 2.75) is 57.7 Å². The summed E-state index contributed by atoms with van der Waals surface area (Å²) in [6.45, 7) is 13.2. The molecule has 5 unspecified atom stereocenters. The standard InChI is InChI=1S/C27H53NO12/c1-6-27(18-39-25(22(4)31)15-37-20-34-7-2,19-40-26(23(5)32)16-38-21-35-8-3)17-36-14-24(33)13-28(9-11-29)10-12-30/h7-8,22-26,29-33H,2-3,6,9-21H2,1,4-5H3. The topological polar surface area (TPSA) is 169 Å². The first-order valence-electron chi connectivity index (χ1n) is 13.6. The molecule has 0 aliphatic rings. The molecule has 0 saturated heterocycles. The summed E-state index contributed by atoms with van der Waals surface area (Å²) in [6, 6.07) is 0. The minimum atomic E-state index is -0.860. The second kappa shape index (κ2) is 24.3. The molecule has 0 aliphatic carbocycles. The fourth-order valence-electron chi connectivity index (χ4n) is 3.51. The lowest BCUT2D eigenvalue weighted by Crippen LogP contribution is -2.44. The summed E-state index contributed by atoms with van der Waals surface area (Å²) < 4.78 is 38.7. The number of rotatable bonds is 29. The second-order valence-electron chi connectivity index (χ2n) is 9.59. The summed E-state index contributed by atoms with van der Waals surface area (Å²) in [6.07, 6.45) is -0.816. The molecule has 0 fully saturated rings. The van der Waals surface area contributed by atoms with Crippen LogP contribution in [0.3, 0.4) is 0 Å². The Labute approximate surface area is 238 Å². The van der Waals surface area contributed by atoms with Crippen molar-refractivity contribution in [3.05, 3.63) is 25.7 Å². The number of aliphatic hydroxyl groups excluding tert-OH is 5. The predicted octanol–water partition coefficient (Wildman–Crippen LogP) is -0.153. The number of hydrogen-bond donors (Lipinski definition) is 5. The molecule has 0 radical (unpaired) electrons. The minimum absolute atomic E-state index is 0.00121. The fraction of sp³-hybridized carbons (Fsp3) is 0.852. The van der Waals surface area contributed by atoms with E-state index in [9.17, 15) is 25.5 Å². The SMILES string of the molecule is C=COCOCC(OCC(CC)(COCC(O)CN(CCO)CCO)COC(COCOC=C)C(C)O)C(C)O. The van der Waals surface area contributed by atoms with Crippen molar-refractivity contribution in [1.29, 1.82) is 0 Å². The Hall–Kier alpha value is -1.36. The van der Waals surface area contributed by atoms with E-state index in [4.69, 9.17) is 33.2 Å². The number of hydrogen-bond acceptors (Lipinski definition) is 13. The molecule has 0 spiro atoms. The van der Waals surface area contributed by atoms with E-state index in [1.807, 2.05) is 6.92 Å². The van der Waals surface area contributed by atoms with Crippen molar-refractivity contribution < 1.29 is 58.7 Å². The zero-order valence-corrected chi connectivity index (χ0v) is 24.4. The first-order chi connectivity index (χ1) is 19.2. The maximum Gasteiger partial charge on any atom is 0.188 e. The molecular formula is C27H53NO12. The molecule has 5 N–H and O–H groups in total. The third-order valence-corrected chi connectivity index (χ3v) is 6.16. The molecule has 0 aromatic carbocycles. The highest BCUT2D eigenvalue weighted by Crippen LogP contribution is 2.26. The normalized spacial score (nSPS) is 17.0. The number of aliphatic hydroxyl groups is 5. The number of nitrogens with zero attached hydrogens (tertiary/aromatic N) is 1. The average molecular weight is 584 g/mol. The zero-order valence-electron chi connectivity index (χ0n) is 24.4. The molecule has 13 nitrogen and oxygen atoms in total. The highest BCUT2D eigenvalue weighted by Gasteiger charge is 2.34. The van der Waals surface area contributed by atoms with Crippen molar-refractivity contribution in [3.63, 3.8) is 0 Å². The van der Waals surface area contributed by atoms with E-state index in [1.54, 1.807) is 18.7 Å². The van der Waals surface area contributed by atoms with Crippen molar-refractivity contribution in [3.8, 4) is 0 Å². The molecule has 0 aliphatic heterocycles. The Morgan fingerprint density at radius 1 is 0.750 bits per heavy atom. The molecule has 0 amide bonds. The Bertz CT molecular complexity index is 572. The van der Waals surface area contributed by atoms with Crippen LogP contribution in [-0.4, -0.2) is 147 Å². The van der Waals surface area contributed by atoms with Gasteiger partial charge in [-0.1, -0.05) is 20.1 Å². The van der Waals surface area contributed by atoms with Crippen molar-refractivity contribution in [2.75, 3.05) is 86.1 Å². The average Bonchev–Trinajstić information content (AvgIpc) is 2.91. The zero-order chi connectivity index (χ0) is 30.2. The third-order valence-electron chi connectivity index (χ3n) is 6.16. The smallest absolute Gasteiger partial charge is 0.188 e. The fourth-order valence-corrected chi connectivity index (χ4v) is 3.51. The molecular weight excluding hydrogens is 530 g/mol. The van der Waals surface area contributed by atoms with Crippen molar-refractivity contribution in [1.82, 2.24) is 4.90 Å². The van der Waals surface area contributed by atoms with Gasteiger partial charge in [0.05, 0.1) is 83.7 Å². The summed E-state index contributed by atoms with van der Waals surface area (Å²) in [5.74, 6) is 0. The summed E-state index contributed by atoms with van der Waals surface area (Å²) in [5, 5.41) is 49.3. The largest absolute Gasteiger partial charge is 0.476 e. The third kappa shape index (κ3) is 18.1. The van der Waals surface area contributed by atoms with E-state index < -0.39 is 35.9 Å². The van der Waals surface area contributed by atoms with Crippen LogP contribution < -0.4 is 0 Å². The van der Waals surface area contributed by atoms with E-state index in [0.717, 1.165) is 0 Å². The number of ether oxygens (including phenoxy) is 7. The molecule has 5 atom stereocenters. The quantitative estimate of drug-likeness (QED) is 0.0448. The van der Waals surface area contributed by atoms with Gasteiger partial charge in [0.25, 0.3) is 0 Å². The van der Waals surface area contributed by atoms with E-state index in [-0.39, 0.29) is 73.0 Å². The maximum absolute atomic E-state index is 10.5. The monoisotopic (exact) mass is 583 g/mol. The van der Waals surface area contributed by atoms with Crippen molar-refractivity contribution >= 4 is 0 Å². The van der Waals surface area contributed by atoms with Crippen LogP contribution in [0.2, 0.25) is 0 Å². The van der Waals surface area contributed by atoms with Crippen LogP contribution >= 0.6 is 0 Å². The summed E-state index contributed by atoms with van der Waals surface area (Å²) in [7, 11) is 0. The van der Waals surface area contributed by atoms with Crippen LogP contribution in [-0.2, 0) is 33.2 Å². The van der Waals surface area contributed by atoms with Gasteiger partial charge in [-0.3, -0.25) is 4.90 Å². The second-order valence-corrected chi connectivity index (χ2v) is 9.59. The molecule has 238 valence electrons. The Morgan fingerprint density at radius 2 is 1.23 bits per heavy atom. The van der Waals surface area contributed by atoms with Gasteiger partial charge in [0.15, 0.2) is 13.6 Å². The van der Waals surface area contributed by atoms with Crippen LogP contribution in [0.4, 0.5) is 0 Å². The molecule has 0 saturated carbocycles. The summed E-state index contributed by atoms with van der Waals surface area (Å²) >= 11 is 0. The van der Waals surface area contributed by atoms with Gasteiger partial charge >= 0.3 is 0 Å². The Morgan fingerprint density at radius 3 is 1.60 bits per heavy atom. The van der Waals surface area contributed by atoms with Crippen LogP contribution in [0.15, 0.2) is 25.7 Å². The van der Waals surface area contributed by atoms with Gasteiger partial charge in [-0.25, -0.2) is 0 Å². The Kier molecular flexibility index (Phi) is 23.4. The van der Waals surface area contributed by atoms with Crippen LogP contribution in [0.25, 0.3) is 0 Å². The van der Waals surface area contributed by atoms with Gasteiger partial charge in [-0.05, 0) is 20.3 Å². The molecule has 0 aromatic heterocycles. The van der Waals surface area contributed by atoms with E-state index >= 15 is 0 Å². The molecule has 0 aromatic rings. The van der Waals surface area contributed by atoms with Gasteiger partial charge in [-0.2, -0.15) is 0 Å². The lowest BCUT2D eigenvalue weighted by atomic mass is 9.87. The first-order valence-corrected chi connectivity index (χ1v) is 13.6. The summed E-state index contributed by atoms with van der Waals surface area (Å²) in [4.78, 5) is 1.74. The molecule has 0 rings (SSSR count). The summed E-state index contributed by atoms with van der Waals surface area (Å²) in [5.41, 5.74) is -0.717. The van der Waals surface area contributed by atoms with Gasteiger partial charge in [-0.15, -0.1) is 0 Å².